The Morgan fingerprint density at radius 1 is 0.438 bits per heavy atom. The molecular weight excluding hydrogens is 581 g/mol. The van der Waals surface area contributed by atoms with Crippen LogP contribution in [0.4, 0.5) is 17.1 Å². The van der Waals surface area contributed by atoms with Crippen LogP contribution in [0.2, 0.25) is 0 Å². The third kappa shape index (κ3) is 4.98. The van der Waals surface area contributed by atoms with Crippen LogP contribution in [0.25, 0.3) is 44.5 Å². The highest BCUT2D eigenvalue weighted by Gasteiger charge is 2.36. The van der Waals surface area contributed by atoms with E-state index in [9.17, 15) is 5.26 Å². The first-order chi connectivity index (χ1) is 23.5. The maximum absolute atomic E-state index is 9.46. The predicted octanol–water partition coefficient (Wildman–Crippen LogP) is 12.3. The molecule has 0 saturated carbocycles. The smallest absolute Gasteiger partial charge is 0.0991 e. The van der Waals surface area contributed by atoms with Crippen molar-refractivity contribution in [2.45, 2.75) is 19.3 Å². The molecule has 1 aliphatic rings. The molecule has 1 aliphatic heterocycles. The molecule has 0 saturated heterocycles. The molecule has 0 fully saturated rings. The summed E-state index contributed by atoms with van der Waals surface area (Å²) in [5.41, 5.74) is 15.9. The zero-order valence-electron chi connectivity index (χ0n) is 27.1. The highest BCUT2D eigenvalue weighted by molar-refractivity contribution is 5.96. The van der Waals surface area contributed by atoms with Crippen molar-refractivity contribution < 1.29 is 0 Å². The summed E-state index contributed by atoms with van der Waals surface area (Å²) in [6, 6.07) is 62.6. The standard InChI is InChI=1S/C46H34N2/c1-46(2)42-17-9-11-19-44(42)48(45-20-12-10-18-43(45)46)37-27-25-36(26-28-37)41-30-38(33-13-5-3-6-14-33)40(35-23-21-32(31-47)22-24-35)29-39(41)34-15-7-4-8-16-34/h3-30H,1-2H3. The van der Waals surface area contributed by atoms with Crippen LogP contribution in [-0.2, 0) is 5.41 Å². The number of benzene rings is 7. The third-order valence-corrected chi connectivity index (χ3v) is 9.73. The van der Waals surface area contributed by atoms with Crippen molar-refractivity contribution in [3.8, 4) is 50.6 Å². The van der Waals surface area contributed by atoms with Crippen molar-refractivity contribution >= 4 is 17.1 Å². The van der Waals surface area contributed by atoms with Crippen molar-refractivity contribution in [1.82, 2.24) is 0 Å². The second-order valence-electron chi connectivity index (χ2n) is 12.9. The van der Waals surface area contributed by atoms with Gasteiger partial charge in [0.15, 0.2) is 0 Å². The van der Waals surface area contributed by atoms with Gasteiger partial charge in [0.25, 0.3) is 0 Å². The minimum Gasteiger partial charge on any atom is -0.310 e. The Morgan fingerprint density at radius 3 is 1.25 bits per heavy atom. The van der Waals surface area contributed by atoms with Gasteiger partial charge in [-0.05, 0) is 104 Å². The van der Waals surface area contributed by atoms with E-state index in [1.165, 1.54) is 28.1 Å². The quantitative estimate of drug-likeness (QED) is 0.193. The lowest BCUT2D eigenvalue weighted by Crippen LogP contribution is -2.30. The summed E-state index contributed by atoms with van der Waals surface area (Å²) >= 11 is 0. The molecule has 0 radical (unpaired) electrons. The van der Waals surface area contributed by atoms with Gasteiger partial charge in [0, 0.05) is 11.1 Å². The van der Waals surface area contributed by atoms with Crippen LogP contribution >= 0.6 is 0 Å². The number of rotatable bonds is 5. The Labute approximate surface area is 282 Å². The largest absolute Gasteiger partial charge is 0.310 e. The van der Waals surface area contributed by atoms with E-state index in [0.29, 0.717) is 5.56 Å². The van der Waals surface area contributed by atoms with Crippen LogP contribution in [0, 0.1) is 11.3 Å². The van der Waals surface area contributed by atoms with Crippen LogP contribution in [0.15, 0.2) is 170 Å². The molecule has 2 nitrogen and oxygen atoms in total. The maximum Gasteiger partial charge on any atom is 0.0991 e. The molecule has 0 unspecified atom stereocenters. The lowest BCUT2D eigenvalue weighted by Gasteiger charge is -2.42. The number of anilines is 3. The number of nitrogens with zero attached hydrogens (tertiary/aromatic N) is 2. The Hall–Kier alpha value is -6.17. The van der Waals surface area contributed by atoms with Gasteiger partial charge in [-0.3, -0.25) is 0 Å². The van der Waals surface area contributed by atoms with E-state index in [1.54, 1.807) is 0 Å². The van der Waals surface area contributed by atoms with Gasteiger partial charge >= 0.3 is 0 Å². The number of hydrogen-bond donors (Lipinski definition) is 0. The van der Waals surface area contributed by atoms with Crippen molar-refractivity contribution in [2.75, 3.05) is 4.90 Å². The van der Waals surface area contributed by atoms with Gasteiger partial charge in [-0.1, -0.05) is 135 Å². The Balaban J connectivity index is 1.31. The van der Waals surface area contributed by atoms with Gasteiger partial charge in [0.05, 0.1) is 23.0 Å². The van der Waals surface area contributed by atoms with E-state index < -0.39 is 0 Å². The number of nitriles is 1. The van der Waals surface area contributed by atoms with Crippen LogP contribution in [-0.4, -0.2) is 0 Å². The number of fused-ring (bicyclic) bond motifs is 2. The monoisotopic (exact) mass is 614 g/mol. The molecule has 228 valence electrons. The number of hydrogen-bond acceptors (Lipinski definition) is 2. The van der Waals surface area contributed by atoms with E-state index in [1.807, 2.05) is 12.1 Å². The van der Waals surface area contributed by atoms with Crippen molar-refractivity contribution in [1.29, 1.82) is 5.26 Å². The Kier molecular flexibility index (Phi) is 7.24. The molecule has 0 aromatic heterocycles. The van der Waals surface area contributed by atoms with Gasteiger partial charge in [-0.2, -0.15) is 5.26 Å². The molecule has 0 N–H and O–H groups in total. The lowest BCUT2D eigenvalue weighted by atomic mass is 9.73. The summed E-state index contributed by atoms with van der Waals surface area (Å²) < 4.78 is 0. The highest BCUT2D eigenvalue weighted by atomic mass is 15.2. The predicted molar refractivity (Wildman–Crippen MR) is 200 cm³/mol. The molecule has 1 heterocycles. The fourth-order valence-electron chi connectivity index (χ4n) is 7.25. The first kappa shape index (κ1) is 29.2. The van der Waals surface area contributed by atoms with Crippen molar-refractivity contribution in [3.63, 3.8) is 0 Å². The molecule has 0 bridgehead atoms. The molecule has 0 aliphatic carbocycles. The molecule has 48 heavy (non-hydrogen) atoms. The average molecular weight is 615 g/mol. The summed E-state index contributed by atoms with van der Waals surface area (Å²) in [4.78, 5) is 2.40. The summed E-state index contributed by atoms with van der Waals surface area (Å²) in [6.45, 7) is 4.64. The summed E-state index contributed by atoms with van der Waals surface area (Å²) in [5, 5.41) is 9.46. The van der Waals surface area contributed by atoms with Crippen molar-refractivity contribution in [2.24, 2.45) is 0 Å². The van der Waals surface area contributed by atoms with Gasteiger partial charge in [-0.25, -0.2) is 0 Å². The van der Waals surface area contributed by atoms with E-state index in [0.717, 1.165) is 44.6 Å². The van der Waals surface area contributed by atoms with E-state index in [-0.39, 0.29) is 5.41 Å². The molecule has 7 aromatic carbocycles. The van der Waals surface area contributed by atoms with Gasteiger partial charge in [0.2, 0.25) is 0 Å². The first-order valence-corrected chi connectivity index (χ1v) is 16.4. The molecule has 8 rings (SSSR count). The minimum atomic E-state index is -0.0985. The van der Waals surface area contributed by atoms with Crippen molar-refractivity contribution in [3.05, 3.63) is 187 Å². The minimum absolute atomic E-state index is 0.0985. The van der Waals surface area contributed by atoms with E-state index in [2.05, 4.69) is 183 Å². The normalized spacial score (nSPS) is 12.9. The Bertz CT molecular complexity index is 2240. The van der Waals surface area contributed by atoms with Crippen LogP contribution in [0.3, 0.4) is 0 Å². The zero-order chi connectivity index (χ0) is 32.7. The highest BCUT2D eigenvalue weighted by Crippen LogP contribution is 2.52. The molecule has 0 amide bonds. The molecule has 0 atom stereocenters. The lowest BCUT2D eigenvalue weighted by molar-refractivity contribution is 0.632. The fraction of sp³-hybridized carbons (Fsp3) is 0.0652. The van der Waals surface area contributed by atoms with Crippen LogP contribution < -0.4 is 4.90 Å². The maximum atomic E-state index is 9.46. The van der Waals surface area contributed by atoms with Crippen LogP contribution in [0.5, 0.6) is 0 Å². The second-order valence-corrected chi connectivity index (χ2v) is 12.9. The third-order valence-electron chi connectivity index (χ3n) is 9.73. The zero-order valence-corrected chi connectivity index (χ0v) is 27.1. The van der Waals surface area contributed by atoms with Gasteiger partial charge in [-0.15, -0.1) is 0 Å². The molecule has 2 heteroatoms. The van der Waals surface area contributed by atoms with Crippen LogP contribution in [0.1, 0.15) is 30.5 Å². The van der Waals surface area contributed by atoms with E-state index in [4.69, 9.17) is 0 Å². The summed E-state index contributed by atoms with van der Waals surface area (Å²) in [6.07, 6.45) is 0. The topological polar surface area (TPSA) is 27.0 Å². The molecule has 7 aromatic rings. The second kappa shape index (κ2) is 11.9. The fourth-order valence-corrected chi connectivity index (χ4v) is 7.25. The number of para-hydroxylation sites is 2. The summed E-state index contributed by atoms with van der Waals surface area (Å²) in [5.74, 6) is 0. The molecule has 0 spiro atoms. The summed E-state index contributed by atoms with van der Waals surface area (Å²) in [7, 11) is 0. The van der Waals surface area contributed by atoms with Gasteiger partial charge in [0.1, 0.15) is 0 Å². The van der Waals surface area contributed by atoms with E-state index >= 15 is 0 Å². The average Bonchev–Trinajstić information content (AvgIpc) is 3.15. The van der Waals surface area contributed by atoms with Gasteiger partial charge < -0.3 is 4.90 Å². The molecular formula is C46H34N2. The Morgan fingerprint density at radius 2 is 0.812 bits per heavy atom. The SMILES string of the molecule is CC1(C)c2ccccc2N(c2ccc(-c3cc(-c4ccccc4)c(-c4ccc(C#N)cc4)cc3-c3ccccc3)cc2)c2ccccc21. The first-order valence-electron chi connectivity index (χ1n) is 16.4.